The minimum absolute atomic E-state index is 0.103. The van der Waals surface area contributed by atoms with E-state index >= 15 is 0 Å². The second-order valence-electron chi connectivity index (χ2n) is 6.89. The van der Waals surface area contributed by atoms with Crippen molar-refractivity contribution in [2.45, 2.75) is 26.1 Å². The first kappa shape index (κ1) is 21.0. The highest BCUT2D eigenvalue weighted by molar-refractivity contribution is 5.97. The number of ether oxygens (including phenoxy) is 2. The molecule has 1 aliphatic rings. The van der Waals surface area contributed by atoms with Gasteiger partial charge in [0.2, 0.25) is 0 Å². The molecule has 2 aromatic rings. The van der Waals surface area contributed by atoms with E-state index < -0.39 is 23.8 Å². The predicted molar refractivity (Wildman–Crippen MR) is 104 cm³/mol. The van der Waals surface area contributed by atoms with Crippen LogP contribution in [0.15, 0.2) is 42.5 Å². The molecule has 0 radical (unpaired) electrons. The molecule has 8 heteroatoms. The lowest BCUT2D eigenvalue weighted by Crippen LogP contribution is -2.37. The number of rotatable bonds is 5. The van der Waals surface area contributed by atoms with Gasteiger partial charge in [-0.2, -0.15) is 13.2 Å². The molecule has 0 bridgehead atoms. The van der Waals surface area contributed by atoms with Crippen molar-refractivity contribution in [3.05, 3.63) is 53.6 Å². The van der Waals surface area contributed by atoms with E-state index in [1.54, 1.807) is 25.1 Å². The molecule has 1 heterocycles. The molecule has 1 fully saturated rings. The number of benzene rings is 2. The van der Waals surface area contributed by atoms with E-state index in [4.69, 9.17) is 9.47 Å². The number of amides is 1. The maximum atomic E-state index is 13.2. The minimum atomic E-state index is -4.51. The molecule has 1 N–H and O–H groups in total. The van der Waals surface area contributed by atoms with Crippen molar-refractivity contribution in [2.75, 3.05) is 36.5 Å². The molecule has 5 nitrogen and oxygen atoms in total. The number of carbonyl (C=O) groups is 1. The largest absolute Gasteiger partial charge is 0.481 e. The standard InChI is InChI=1S/C21H23F3N2O3/c1-14-4-3-5-17(12-14)29-15(2)20(27)25-18-13-16(21(22,23)24)6-7-19(18)26-8-10-28-11-9-26/h3-7,12-13,15H,8-11H2,1-2H3,(H,25,27)/t15-/m1/s1. The van der Waals surface area contributed by atoms with Crippen molar-refractivity contribution in [2.24, 2.45) is 0 Å². The maximum Gasteiger partial charge on any atom is 0.416 e. The SMILES string of the molecule is Cc1cccc(O[C@H](C)C(=O)Nc2cc(C(F)(F)F)ccc2N2CCOCC2)c1. The van der Waals surface area contributed by atoms with Crippen LogP contribution < -0.4 is 15.0 Å². The fourth-order valence-electron chi connectivity index (χ4n) is 3.07. The van der Waals surface area contributed by atoms with Crippen LogP contribution in [0.4, 0.5) is 24.5 Å². The number of anilines is 2. The monoisotopic (exact) mass is 408 g/mol. The zero-order valence-corrected chi connectivity index (χ0v) is 16.3. The first-order valence-corrected chi connectivity index (χ1v) is 9.32. The van der Waals surface area contributed by atoms with Gasteiger partial charge < -0.3 is 19.7 Å². The van der Waals surface area contributed by atoms with E-state index in [1.165, 1.54) is 6.07 Å². The molecule has 0 spiro atoms. The smallest absolute Gasteiger partial charge is 0.416 e. The first-order valence-electron chi connectivity index (χ1n) is 9.32. The average molecular weight is 408 g/mol. The van der Waals surface area contributed by atoms with Crippen LogP contribution in [0.3, 0.4) is 0 Å². The Hall–Kier alpha value is -2.74. The quantitative estimate of drug-likeness (QED) is 0.804. The molecule has 0 aliphatic carbocycles. The lowest BCUT2D eigenvalue weighted by Gasteiger charge is -2.31. The molecular formula is C21H23F3N2O3. The van der Waals surface area contributed by atoms with Crippen molar-refractivity contribution in [3.8, 4) is 5.75 Å². The molecule has 0 unspecified atom stereocenters. The number of halogens is 3. The maximum absolute atomic E-state index is 13.2. The number of carbonyl (C=O) groups excluding carboxylic acids is 1. The van der Waals surface area contributed by atoms with Crippen LogP contribution in [0, 0.1) is 6.92 Å². The average Bonchev–Trinajstić information content (AvgIpc) is 2.68. The highest BCUT2D eigenvalue weighted by Gasteiger charge is 2.32. The molecule has 0 aromatic heterocycles. The van der Waals surface area contributed by atoms with Crippen LogP contribution in [-0.2, 0) is 15.7 Å². The van der Waals surface area contributed by atoms with Gasteiger partial charge in [0.05, 0.1) is 30.2 Å². The van der Waals surface area contributed by atoms with Gasteiger partial charge in [-0.15, -0.1) is 0 Å². The van der Waals surface area contributed by atoms with Gasteiger partial charge in [0.15, 0.2) is 6.10 Å². The molecule has 3 rings (SSSR count). The number of aryl methyl sites for hydroxylation is 1. The van der Waals surface area contributed by atoms with Gasteiger partial charge in [-0.05, 0) is 49.7 Å². The van der Waals surface area contributed by atoms with Gasteiger partial charge in [0.25, 0.3) is 5.91 Å². The summed E-state index contributed by atoms with van der Waals surface area (Å²) in [7, 11) is 0. The van der Waals surface area contributed by atoms with Crippen LogP contribution >= 0.6 is 0 Å². The Morgan fingerprint density at radius 2 is 1.90 bits per heavy atom. The van der Waals surface area contributed by atoms with Crippen molar-refractivity contribution in [1.29, 1.82) is 0 Å². The van der Waals surface area contributed by atoms with Crippen molar-refractivity contribution in [1.82, 2.24) is 0 Å². The molecule has 1 aliphatic heterocycles. The highest BCUT2D eigenvalue weighted by atomic mass is 19.4. The molecule has 0 saturated carbocycles. The molecule has 29 heavy (non-hydrogen) atoms. The number of nitrogens with one attached hydrogen (secondary N) is 1. The summed E-state index contributed by atoms with van der Waals surface area (Å²) in [5.41, 5.74) is 0.781. The second-order valence-corrected chi connectivity index (χ2v) is 6.89. The Balaban J connectivity index is 1.81. The molecule has 1 atom stereocenters. The zero-order valence-electron chi connectivity index (χ0n) is 16.3. The van der Waals surface area contributed by atoms with Crippen LogP contribution in [0.2, 0.25) is 0 Å². The van der Waals surface area contributed by atoms with E-state index in [1.807, 2.05) is 17.9 Å². The van der Waals surface area contributed by atoms with E-state index in [0.717, 1.165) is 17.7 Å². The van der Waals surface area contributed by atoms with Crippen molar-refractivity contribution >= 4 is 17.3 Å². The fraction of sp³-hybridized carbons (Fsp3) is 0.381. The lowest BCUT2D eigenvalue weighted by molar-refractivity contribution is -0.137. The number of nitrogens with zero attached hydrogens (tertiary/aromatic N) is 1. The third-order valence-corrected chi connectivity index (χ3v) is 4.61. The first-order chi connectivity index (χ1) is 13.7. The van der Waals surface area contributed by atoms with Gasteiger partial charge >= 0.3 is 6.18 Å². The summed E-state index contributed by atoms with van der Waals surface area (Å²) in [6, 6.07) is 10.6. The summed E-state index contributed by atoms with van der Waals surface area (Å²) in [4.78, 5) is 14.5. The van der Waals surface area contributed by atoms with Crippen LogP contribution in [0.25, 0.3) is 0 Å². The van der Waals surface area contributed by atoms with Crippen molar-refractivity contribution in [3.63, 3.8) is 0 Å². The van der Waals surface area contributed by atoms with E-state index in [-0.39, 0.29) is 5.69 Å². The molecule has 1 saturated heterocycles. The number of alkyl halides is 3. The third-order valence-electron chi connectivity index (χ3n) is 4.61. The predicted octanol–water partition coefficient (Wildman–Crippen LogP) is 4.26. The van der Waals surface area contributed by atoms with E-state index in [0.29, 0.717) is 37.7 Å². The molecular weight excluding hydrogens is 385 g/mol. The summed E-state index contributed by atoms with van der Waals surface area (Å²) in [6.45, 7) is 5.46. The van der Waals surface area contributed by atoms with Gasteiger partial charge in [-0.1, -0.05) is 12.1 Å². The van der Waals surface area contributed by atoms with E-state index in [2.05, 4.69) is 5.32 Å². The third kappa shape index (κ3) is 5.41. The number of hydrogen-bond acceptors (Lipinski definition) is 4. The summed E-state index contributed by atoms with van der Waals surface area (Å²) < 4.78 is 50.5. The molecule has 156 valence electrons. The minimum Gasteiger partial charge on any atom is -0.481 e. The molecule has 2 aromatic carbocycles. The van der Waals surface area contributed by atoms with Gasteiger partial charge in [0.1, 0.15) is 5.75 Å². The Labute approximate surface area is 167 Å². The number of morpholine rings is 1. The summed E-state index contributed by atoms with van der Waals surface area (Å²) in [5.74, 6) is -0.00886. The fourth-order valence-corrected chi connectivity index (χ4v) is 3.07. The van der Waals surface area contributed by atoms with Crippen molar-refractivity contribution < 1.29 is 27.4 Å². The second kappa shape index (κ2) is 8.73. The highest BCUT2D eigenvalue weighted by Crippen LogP contribution is 2.36. The summed E-state index contributed by atoms with van der Waals surface area (Å²) >= 11 is 0. The van der Waals surface area contributed by atoms with Crippen LogP contribution in [0.1, 0.15) is 18.1 Å². The van der Waals surface area contributed by atoms with Crippen LogP contribution in [0.5, 0.6) is 5.75 Å². The van der Waals surface area contributed by atoms with Gasteiger partial charge in [0, 0.05) is 13.1 Å². The Morgan fingerprint density at radius 1 is 1.17 bits per heavy atom. The lowest BCUT2D eigenvalue weighted by atomic mass is 10.1. The number of hydrogen-bond donors (Lipinski definition) is 1. The normalized spacial score (nSPS) is 15.7. The van der Waals surface area contributed by atoms with Crippen LogP contribution in [-0.4, -0.2) is 38.3 Å². The van der Waals surface area contributed by atoms with Gasteiger partial charge in [-0.3, -0.25) is 4.79 Å². The summed E-state index contributed by atoms with van der Waals surface area (Å²) in [6.07, 6.45) is -5.39. The summed E-state index contributed by atoms with van der Waals surface area (Å²) in [5, 5.41) is 2.61. The molecule has 1 amide bonds. The Kier molecular flexibility index (Phi) is 6.32. The van der Waals surface area contributed by atoms with E-state index in [9.17, 15) is 18.0 Å². The van der Waals surface area contributed by atoms with Gasteiger partial charge in [-0.25, -0.2) is 0 Å². The Bertz CT molecular complexity index is 864. The zero-order chi connectivity index (χ0) is 21.0. The Morgan fingerprint density at radius 3 is 2.55 bits per heavy atom. The topological polar surface area (TPSA) is 50.8 Å².